The molecule has 3 rings (SSSR count). The van der Waals surface area contributed by atoms with Gasteiger partial charge in [0.05, 0.1) is 9.90 Å². The van der Waals surface area contributed by atoms with Crippen LogP contribution in [0.5, 0.6) is 0 Å². The van der Waals surface area contributed by atoms with E-state index in [0.717, 1.165) is 0 Å². The molecule has 0 atom stereocenters. The first-order chi connectivity index (χ1) is 9.56. The van der Waals surface area contributed by atoms with Crippen LogP contribution in [0.2, 0.25) is 8.67 Å². The summed E-state index contributed by atoms with van der Waals surface area (Å²) in [6.07, 6.45) is 0. The number of nitrogens with two attached hydrogens (primary N) is 1. The van der Waals surface area contributed by atoms with Crippen LogP contribution in [0.4, 0.5) is 10.3 Å². The molecule has 0 spiro atoms. The molecular formula is C13H7Cl2FN2OS. The lowest BCUT2D eigenvalue weighted by molar-refractivity contribution is 0.439. The Morgan fingerprint density at radius 1 is 1.25 bits per heavy atom. The second-order valence-corrected chi connectivity index (χ2v) is 6.30. The molecule has 0 aliphatic carbocycles. The predicted molar refractivity (Wildman–Crippen MR) is 79.6 cm³/mol. The first kappa shape index (κ1) is 13.4. The topological polar surface area (TPSA) is 52.0 Å². The quantitative estimate of drug-likeness (QED) is 0.712. The molecule has 2 heterocycles. The lowest BCUT2D eigenvalue weighted by atomic mass is 10.0. The van der Waals surface area contributed by atoms with Crippen molar-refractivity contribution in [1.29, 1.82) is 0 Å². The van der Waals surface area contributed by atoms with E-state index in [1.54, 1.807) is 18.2 Å². The standard InChI is InChI=1S/C13H7Cl2FN2OS/c14-9-5-8(12(15)20-9)11-10(13(17)19-18-11)6-2-1-3-7(16)4-6/h1-5H,17H2. The van der Waals surface area contributed by atoms with Gasteiger partial charge < -0.3 is 10.3 Å². The molecular weight excluding hydrogens is 322 g/mol. The Bertz CT molecular complexity index is 785. The van der Waals surface area contributed by atoms with Gasteiger partial charge in [0.15, 0.2) is 0 Å². The number of thiophene rings is 1. The summed E-state index contributed by atoms with van der Waals surface area (Å²) in [5.41, 5.74) is 7.92. The van der Waals surface area contributed by atoms with E-state index in [2.05, 4.69) is 5.16 Å². The Hall–Kier alpha value is -1.56. The van der Waals surface area contributed by atoms with Gasteiger partial charge in [-0.1, -0.05) is 40.5 Å². The Morgan fingerprint density at radius 2 is 2.05 bits per heavy atom. The number of rotatable bonds is 2. The number of hydrogen-bond donors (Lipinski definition) is 1. The minimum Gasteiger partial charge on any atom is -0.367 e. The second kappa shape index (κ2) is 5.09. The van der Waals surface area contributed by atoms with Crippen molar-refractivity contribution in [2.75, 3.05) is 5.73 Å². The number of benzene rings is 1. The van der Waals surface area contributed by atoms with Gasteiger partial charge in [0.1, 0.15) is 15.8 Å². The van der Waals surface area contributed by atoms with Gasteiger partial charge in [-0.25, -0.2) is 4.39 Å². The van der Waals surface area contributed by atoms with Gasteiger partial charge in [0.2, 0.25) is 5.88 Å². The molecule has 1 aromatic carbocycles. The summed E-state index contributed by atoms with van der Waals surface area (Å²) in [4.78, 5) is 0. The third kappa shape index (κ3) is 2.28. The van der Waals surface area contributed by atoms with Crippen molar-refractivity contribution in [3.8, 4) is 22.4 Å². The van der Waals surface area contributed by atoms with E-state index in [1.807, 2.05) is 0 Å². The normalized spacial score (nSPS) is 10.9. The SMILES string of the molecule is Nc1onc(-c2cc(Cl)sc2Cl)c1-c1cccc(F)c1. The van der Waals surface area contributed by atoms with Gasteiger partial charge in [0.25, 0.3) is 0 Å². The number of hydrogen-bond acceptors (Lipinski definition) is 4. The average Bonchev–Trinajstić information content (AvgIpc) is 2.92. The summed E-state index contributed by atoms with van der Waals surface area (Å²) in [5.74, 6) is -0.271. The molecule has 2 N–H and O–H groups in total. The van der Waals surface area contributed by atoms with Crippen LogP contribution in [0.15, 0.2) is 34.9 Å². The molecule has 0 fully saturated rings. The lowest BCUT2D eigenvalue weighted by Gasteiger charge is -2.02. The minimum atomic E-state index is -0.372. The fourth-order valence-electron chi connectivity index (χ4n) is 1.91. The molecule has 0 radical (unpaired) electrons. The van der Waals surface area contributed by atoms with E-state index in [1.165, 1.54) is 23.5 Å². The van der Waals surface area contributed by atoms with Crippen molar-refractivity contribution >= 4 is 40.4 Å². The third-order valence-corrected chi connectivity index (χ3v) is 4.23. The molecule has 0 unspecified atom stereocenters. The predicted octanol–water partition coefficient (Wildman–Crippen LogP) is 5.10. The zero-order chi connectivity index (χ0) is 14.3. The average molecular weight is 329 g/mol. The largest absolute Gasteiger partial charge is 0.367 e. The molecule has 0 bridgehead atoms. The van der Waals surface area contributed by atoms with E-state index in [4.69, 9.17) is 33.5 Å². The van der Waals surface area contributed by atoms with Gasteiger partial charge >= 0.3 is 0 Å². The molecule has 0 amide bonds. The Morgan fingerprint density at radius 3 is 2.70 bits per heavy atom. The van der Waals surface area contributed by atoms with Crippen LogP contribution >= 0.6 is 34.5 Å². The maximum atomic E-state index is 13.4. The molecule has 102 valence electrons. The van der Waals surface area contributed by atoms with Gasteiger partial charge in [-0.2, -0.15) is 0 Å². The molecule has 2 aromatic heterocycles. The van der Waals surface area contributed by atoms with E-state index >= 15 is 0 Å². The number of aromatic nitrogens is 1. The third-order valence-electron chi connectivity index (χ3n) is 2.74. The Labute approximate surface area is 127 Å². The highest BCUT2D eigenvalue weighted by molar-refractivity contribution is 7.20. The summed E-state index contributed by atoms with van der Waals surface area (Å²) in [6.45, 7) is 0. The maximum Gasteiger partial charge on any atom is 0.230 e. The molecule has 0 aliphatic heterocycles. The molecule has 0 saturated carbocycles. The molecule has 20 heavy (non-hydrogen) atoms. The summed E-state index contributed by atoms with van der Waals surface area (Å²) >= 11 is 13.3. The van der Waals surface area contributed by atoms with Crippen molar-refractivity contribution in [3.63, 3.8) is 0 Å². The lowest BCUT2D eigenvalue weighted by Crippen LogP contribution is -1.88. The van der Waals surface area contributed by atoms with Crippen LogP contribution in [0, 0.1) is 5.82 Å². The highest BCUT2D eigenvalue weighted by Gasteiger charge is 2.21. The number of halogens is 3. The highest BCUT2D eigenvalue weighted by Crippen LogP contribution is 2.43. The highest BCUT2D eigenvalue weighted by atomic mass is 35.5. The smallest absolute Gasteiger partial charge is 0.230 e. The van der Waals surface area contributed by atoms with Gasteiger partial charge in [-0.05, 0) is 23.8 Å². The van der Waals surface area contributed by atoms with E-state index in [9.17, 15) is 4.39 Å². The molecule has 0 saturated heterocycles. The molecule has 3 nitrogen and oxygen atoms in total. The van der Waals surface area contributed by atoms with E-state index in [0.29, 0.717) is 31.1 Å². The Kier molecular flexibility index (Phi) is 3.41. The van der Waals surface area contributed by atoms with Gasteiger partial charge in [-0.15, -0.1) is 11.3 Å². The van der Waals surface area contributed by atoms with E-state index < -0.39 is 0 Å². The van der Waals surface area contributed by atoms with Crippen molar-refractivity contribution in [2.24, 2.45) is 0 Å². The van der Waals surface area contributed by atoms with E-state index in [-0.39, 0.29) is 11.7 Å². The maximum absolute atomic E-state index is 13.4. The zero-order valence-corrected chi connectivity index (χ0v) is 12.2. The Balaban J connectivity index is 2.22. The van der Waals surface area contributed by atoms with Crippen molar-refractivity contribution in [1.82, 2.24) is 5.16 Å². The summed E-state index contributed by atoms with van der Waals surface area (Å²) in [7, 11) is 0. The minimum absolute atomic E-state index is 0.101. The second-order valence-electron chi connectivity index (χ2n) is 4.02. The van der Waals surface area contributed by atoms with Crippen LogP contribution in [-0.4, -0.2) is 5.16 Å². The number of nitrogens with zero attached hydrogens (tertiary/aromatic N) is 1. The van der Waals surface area contributed by atoms with Crippen molar-refractivity contribution in [3.05, 3.63) is 44.8 Å². The van der Waals surface area contributed by atoms with Crippen LogP contribution < -0.4 is 5.73 Å². The number of anilines is 1. The fraction of sp³-hybridized carbons (Fsp3) is 0. The van der Waals surface area contributed by atoms with Crippen LogP contribution in [0.3, 0.4) is 0 Å². The van der Waals surface area contributed by atoms with Crippen LogP contribution in [-0.2, 0) is 0 Å². The fourth-order valence-corrected chi connectivity index (χ4v) is 3.38. The first-order valence-electron chi connectivity index (χ1n) is 5.52. The van der Waals surface area contributed by atoms with Crippen LogP contribution in [0.25, 0.3) is 22.4 Å². The van der Waals surface area contributed by atoms with Crippen molar-refractivity contribution < 1.29 is 8.91 Å². The number of nitrogen functional groups attached to an aromatic ring is 1. The van der Waals surface area contributed by atoms with Crippen molar-refractivity contribution in [2.45, 2.75) is 0 Å². The summed E-state index contributed by atoms with van der Waals surface area (Å²) in [6, 6.07) is 7.69. The summed E-state index contributed by atoms with van der Waals surface area (Å²) < 4.78 is 19.4. The monoisotopic (exact) mass is 328 g/mol. The molecule has 7 heteroatoms. The molecule has 0 aliphatic rings. The van der Waals surface area contributed by atoms with Crippen LogP contribution in [0.1, 0.15) is 0 Å². The summed E-state index contributed by atoms with van der Waals surface area (Å²) in [5, 5.41) is 3.91. The van der Waals surface area contributed by atoms with Gasteiger partial charge in [0, 0.05) is 5.56 Å². The molecule has 3 aromatic rings. The zero-order valence-electron chi connectivity index (χ0n) is 9.86. The van der Waals surface area contributed by atoms with Gasteiger partial charge in [-0.3, -0.25) is 0 Å². The first-order valence-corrected chi connectivity index (χ1v) is 7.10.